The molecule has 0 saturated heterocycles. The zero-order valence-corrected chi connectivity index (χ0v) is 12.9. The molecule has 2 rings (SSSR count). The van der Waals surface area contributed by atoms with Gasteiger partial charge < -0.3 is 0 Å². The Morgan fingerprint density at radius 2 is 2.06 bits per heavy atom. The minimum absolute atomic E-state index is 0.0413. The van der Waals surface area contributed by atoms with Gasteiger partial charge in [0.15, 0.2) is 0 Å². The molecule has 1 aliphatic carbocycles. The van der Waals surface area contributed by atoms with Crippen LogP contribution in [0.15, 0.2) is 16.3 Å². The molecule has 1 aromatic heterocycles. The van der Waals surface area contributed by atoms with E-state index in [1.807, 2.05) is 0 Å². The van der Waals surface area contributed by atoms with Gasteiger partial charge in [-0.2, -0.15) is 0 Å². The summed E-state index contributed by atoms with van der Waals surface area (Å²) in [5.74, 6) is 0.947. The normalized spacial score (nSPS) is 29.4. The van der Waals surface area contributed by atoms with E-state index < -0.39 is 10.0 Å². The van der Waals surface area contributed by atoms with Crippen molar-refractivity contribution < 1.29 is 8.42 Å². The predicted octanol–water partition coefficient (Wildman–Crippen LogP) is 3.50. The predicted molar refractivity (Wildman–Crippen MR) is 75.6 cm³/mol. The molecule has 3 nitrogen and oxygen atoms in total. The lowest BCUT2D eigenvalue weighted by atomic mass is 9.78. The van der Waals surface area contributed by atoms with Crippen molar-refractivity contribution in [3.8, 4) is 0 Å². The third-order valence-corrected chi connectivity index (χ3v) is 7.04. The summed E-state index contributed by atoms with van der Waals surface area (Å²) < 4.78 is 28.0. The Kier molecular flexibility index (Phi) is 4.36. The van der Waals surface area contributed by atoms with Crippen molar-refractivity contribution in [2.45, 2.75) is 43.4 Å². The molecule has 6 heteroatoms. The lowest BCUT2D eigenvalue weighted by molar-refractivity contribution is 0.227. The van der Waals surface area contributed by atoms with Crippen molar-refractivity contribution in [3.63, 3.8) is 0 Å². The second-order valence-electron chi connectivity index (χ2n) is 5.05. The number of hydrogen-bond donors (Lipinski definition) is 1. The standard InChI is InChI=1S/C12H18ClNO2S2/c1-8-4-3-5-10(9(8)2)14-18(15,16)12-7-6-11(13)17-12/h6-10,14H,3-5H2,1-2H3. The first-order valence-electron chi connectivity index (χ1n) is 6.18. The van der Waals surface area contributed by atoms with Crippen molar-refractivity contribution >= 4 is 33.0 Å². The van der Waals surface area contributed by atoms with Crippen LogP contribution in [0.25, 0.3) is 0 Å². The molecule has 3 atom stereocenters. The average molecular weight is 308 g/mol. The van der Waals surface area contributed by atoms with Gasteiger partial charge in [0.05, 0.1) is 4.34 Å². The van der Waals surface area contributed by atoms with E-state index in [0.29, 0.717) is 20.4 Å². The first-order chi connectivity index (χ1) is 8.40. The average Bonchev–Trinajstić information content (AvgIpc) is 2.72. The van der Waals surface area contributed by atoms with Crippen LogP contribution in [0.1, 0.15) is 33.1 Å². The van der Waals surface area contributed by atoms with E-state index in [1.165, 1.54) is 6.42 Å². The first-order valence-corrected chi connectivity index (χ1v) is 8.85. The molecule has 1 aliphatic rings. The fourth-order valence-corrected chi connectivity index (χ4v) is 5.31. The van der Waals surface area contributed by atoms with Gasteiger partial charge in [-0.25, -0.2) is 13.1 Å². The van der Waals surface area contributed by atoms with E-state index in [1.54, 1.807) is 12.1 Å². The molecule has 0 aromatic carbocycles. The molecule has 0 aliphatic heterocycles. The highest BCUT2D eigenvalue weighted by Crippen LogP contribution is 2.31. The van der Waals surface area contributed by atoms with E-state index in [-0.39, 0.29) is 6.04 Å². The molecule has 1 fully saturated rings. The Hall–Kier alpha value is -0.100. The van der Waals surface area contributed by atoms with Gasteiger partial charge in [0.2, 0.25) is 10.0 Å². The lowest BCUT2D eigenvalue weighted by Gasteiger charge is -2.34. The van der Waals surface area contributed by atoms with E-state index >= 15 is 0 Å². The summed E-state index contributed by atoms with van der Waals surface area (Å²) in [6.45, 7) is 4.31. The van der Waals surface area contributed by atoms with Crippen LogP contribution in [0.2, 0.25) is 4.34 Å². The fraction of sp³-hybridized carbons (Fsp3) is 0.667. The third kappa shape index (κ3) is 3.07. The van der Waals surface area contributed by atoms with Crippen LogP contribution in [0.3, 0.4) is 0 Å². The van der Waals surface area contributed by atoms with Gasteiger partial charge in [-0.1, -0.05) is 38.3 Å². The minimum Gasteiger partial charge on any atom is -0.207 e. The summed E-state index contributed by atoms with van der Waals surface area (Å²) in [6.07, 6.45) is 3.19. The fourth-order valence-electron chi connectivity index (χ4n) is 2.45. The van der Waals surface area contributed by atoms with Crippen LogP contribution in [0.4, 0.5) is 0 Å². The van der Waals surface area contributed by atoms with Crippen LogP contribution in [0, 0.1) is 11.8 Å². The third-order valence-electron chi connectivity index (χ3n) is 3.83. The second-order valence-corrected chi connectivity index (χ2v) is 8.71. The highest BCUT2D eigenvalue weighted by Gasteiger charge is 2.31. The van der Waals surface area contributed by atoms with Crippen LogP contribution >= 0.6 is 22.9 Å². The summed E-state index contributed by atoms with van der Waals surface area (Å²) in [5, 5.41) is 0. The molecule has 1 saturated carbocycles. The van der Waals surface area contributed by atoms with E-state index in [0.717, 1.165) is 24.2 Å². The number of rotatable bonds is 3. The molecule has 0 bridgehead atoms. The number of thiophene rings is 1. The van der Waals surface area contributed by atoms with Gasteiger partial charge in [-0.15, -0.1) is 11.3 Å². The summed E-state index contributed by atoms with van der Waals surface area (Å²) in [6, 6.07) is 3.22. The first kappa shape index (κ1) is 14.3. The maximum atomic E-state index is 12.2. The minimum atomic E-state index is -3.41. The molecule has 1 heterocycles. The number of nitrogens with one attached hydrogen (secondary N) is 1. The van der Waals surface area contributed by atoms with Crippen LogP contribution in [0.5, 0.6) is 0 Å². The quantitative estimate of drug-likeness (QED) is 0.929. The zero-order valence-electron chi connectivity index (χ0n) is 10.5. The Labute approximate surface area is 118 Å². The monoisotopic (exact) mass is 307 g/mol. The summed E-state index contributed by atoms with van der Waals surface area (Å²) in [4.78, 5) is 0. The Balaban J connectivity index is 2.13. The van der Waals surface area contributed by atoms with E-state index in [9.17, 15) is 8.42 Å². The smallest absolute Gasteiger partial charge is 0.207 e. The molecule has 1 aromatic rings. The summed E-state index contributed by atoms with van der Waals surface area (Å²) >= 11 is 6.89. The molecule has 102 valence electrons. The van der Waals surface area contributed by atoms with Gasteiger partial charge in [0.25, 0.3) is 0 Å². The van der Waals surface area contributed by atoms with Crippen LogP contribution < -0.4 is 4.72 Å². The molecular weight excluding hydrogens is 290 g/mol. The summed E-state index contributed by atoms with van der Waals surface area (Å²) in [7, 11) is -3.41. The Bertz CT molecular complexity index is 512. The molecular formula is C12H18ClNO2S2. The van der Waals surface area contributed by atoms with Crippen molar-refractivity contribution in [3.05, 3.63) is 16.5 Å². The van der Waals surface area contributed by atoms with E-state index in [4.69, 9.17) is 11.6 Å². The number of hydrogen-bond acceptors (Lipinski definition) is 3. The van der Waals surface area contributed by atoms with Crippen molar-refractivity contribution in [1.82, 2.24) is 4.72 Å². The van der Waals surface area contributed by atoms with Crippen molar-refractivity contribution in [2.24, 2.45) is 11.8 Å². The molecule has 0 amide bonds. The second kappa shape index (κ2) is 5.49. The largest absolute Gasteiger partial charge is 0.250 e. The SMILES string of the molecule is CC1CCCC(NS(=O)(=O)c2ccc(Cl)s2)C1C. The van der Waals surface area contributed by atoms with Gasteiger partial charge in [-0.05, 0) is 30.4 Å². The van der Waals surface area contributed by atoms with Crippen molar-refractivity contribution in [2.75, 3.05) is 0 Å². The Morgan fingerprint density at radius 3 is 2.67 bits per heavy atom. The molecule has 1 N–H and O–H groups in total. The number of halogens is 1. The maximum absolute atomic E-state index is 12.2. The Morgan fingerprint density at radius 1 is 1.33 bits per heavy atom. The van der Waals surface area contributed by atoms with Crippen molar-refractivity contribution in [1.29, 1.82) is 0 Å². The summed E-state index contributed by atoms with van der Waals surface area (Å²) in [5.41, 5.74) is 0. The zero-order chi connectivity index (χ0) is 13.3. The van der Waals surface area contributed by atoms with Gasteiger partial charge in [0.1, 0.15) is 4.21 Å². The van der Waals surface area contributed by atoms with Gasteiger partial charge in [0, 0.05) is 6.04 Å². The van der Waals surface area contributed by atoms with Gasteiger partial charge in [-0.3, -0.25) is 0 Å². The van der Waals surface area contributed by atoms with Gasteiger partial charge >= 0.3 is 0 Å². The van der Waals surface area contributed by atoms with E-state index in [2.05, 4.69) is 18.6 Å². The number of sulfonamides is 1. The molecule has 3 unspecified atom stereocenters. The highest BCUT2D eigenvalue weighted by atomic mass is 35.5. The highest BCUT2D eigenvalue weighted by molar-refractivity contribution is 7.91. The topological polar surface area (TPSA) is 46.2 Å². The lowest BCUT2D eigenvalue weighted by Crippen LogP contribution is -2.43. The molecule has 18 heavy (non-hydrogen) atoms. The molecule has 0 radical (unpaired) electrons. The molecule has 0 spiro atoms. The van der Waals surface area contributed by atoms with Crippen LogP contribution in [-0.2, 0) is 10.0 Å². The van der Waals surface area contributed by atoms with Crippen LogP contribution in [-0.4, -0.2) is 14.5 Å². The maximum Gasteiger partial charge on any atom is 0.250 e.